The van der Waals surface area contributed by atoms with Crippen molar-refractivity contribution in [3.05, 3.63) is 90.5 Å². The number of halogens is 2. The van der Waals surface area contributed by atoms with Crippen LogP contribution in [0.1, 0.15) is 15.9 Å². The molecule has 3 aromatic rings. The van der Waals surface area contributed by atoms with Gasteiger partial charge in [-0.15, -0.1) is 0 Å². The van der Waals surface area contributed by atoms with E-state index in [0.717, 1.165) is 10.1 Å². The number of carbonyl (C=O) groups is 2. The second-order valence-corrected chi connectivity index (χ2v) is 8.57. The molecular formula is C23H23Cl2N5O4. The first kappa shape index (κ1) is 25.2. The van der Waals surface area contributed by atoms with Crippen molar-refractivity contribution in [2.75, 3.05) is 31.2 Å². The summed E-state index contributed by atoms with van der Waals surface area (Å²) in [4.78, 5) is 52.1. The quantitative estimate of drug-likeness (QED) is 0.455. The first-order valence-corrected chi connectivity index (χ1v) is 10.9. The summed E-state index contributed by atoms with van der Waals surface area (Å²) in [5, 5.41) is 3.31. The summed E-state index contributed by atoms with van der Waals surface area (Å²) in [5.74, 6) is -1.22. The summed E-state index contributed by atoms with van der Waals surface area (Å²) in [6.07, 6.45) is 0. The van der Waals surface area contributed by atoms with E-state index in [9.17, 15) is 19.2 Å². The Morgan fingerprint density at radius 3 is 2.35 bits per heavy atom. The van der Waals surface area contributed by atoms with Gasteiger partial charge in [0.2, 0.25) is 5.91 Å². The molecule has 2 aromatic carbocycles. The van der Waals surface area contributed by atoms with Crippen LogP contribution in [0.5, 0.6) is 0 Å². The molecule has 34 heavy (non-hydrogen) atoms. The van der Waals surface area contributed by atoms with Crippen LogP contribution in [-0.2, 0) is 18.4 Å². The maximum Gasteiger partial charge on any atom is 0.332 e. The standard InChI is InChI=1S/C23H23Cl2N5O4/c1-28(13-19(32)27-15-8-9-16(24)17(25)10-15)12-18(31)20-21(26)30(23(34)29(2)22(20)33)11-14-6-4-3-5-7-14/h3-10H,11-13,26H2,1-2H3,(H,27,32). The van der Waals surface area contributed by atoms with Gasteiger partial charge in [-0.25, -0.2) is 4.79 Å². The van der Waals surface area contributed by atoms with Gasteiger partial charge in [0, 0.05) is 12.7 Å². The average molecular weight is 504 g/mol. The number of hydrogen-bond acceptors (Lipinski definition) is 6. The van der Waals surface area contributed by atoms with Gasteiger partial charge in [0.15, 0.2) is 5.78 Å². The maximum absolute atomic E-state index is 13.0. The predicted octanol–water partition coefficient (Wildman–Crippen LogP) is 2.24. The molecule has 0 unspecified atom stereocenters. The summed E-state index contributed by atoms with van der Waals surface area (Å²) in [6, 6.07) is 13.7. The summed E-state index contributed by atoms with van der Waals surface area (Å²) >= 11 is 11.8. The summed E-state index contributed by atoms with van der Waals surface area (Å²) in [6.45, 7) is -0.310. The molecule has 0 atom stereocenters. The van der Waals surface area contributed by atoms with E-state index in [1.54, 1.807) is 31.3 Å². The molecule has 3 N–H and O–H groups in total. The zero-order valence-electron chi connectivity index (χ0n) is 18.5. The minimum Gasteiger partial charge on any atom is -0.384 e. The molecule has 0 aliphatic rings. The Balaban J connectivity index is 1.76. The number of aromatic nitrogens is 2. The molecule has 0 radical (unpaired) electrons. The Hall–Kier alpha value is -3.40. The van der Waals surface area contributed by atoms with E-state index in [0.29, 0.717) is 15.7 Å². The highest BCUT2D eigenvalue weighted by atomic mass is 35.5. The fourth-order valence-corrected chi connectivity index (χ4v) is 3.66. The largest absolute Gasteiger partial charge is 0.384 e. The van der Waals surface area contributed by atoms with Crippen molar-refractivity contribution in [3.63, 3.8) is 0 Å². The molecule has 178 valence electrons. The van der Waals surface area contributed by atoms with Crippen LogP contribution in [0, 0.1) is 0 Å². The lowest BCUT2D eigenvalue weighted by molar-refractivity contribution is -0.116. The number of amides is 1. The molecule has 1 amide bonds. The highest BCUT2D eigenvalue weighted by molar-refractivity contribution is 6.42. The van der Waals surface area contributed by atoms with E-state index in [1.165, 1.54) is 22.6 Å². The van der Waals surface area contributed by atoms with Crippen molar-refractivity contribution in [2.45, 2.75) is 6.54 Å². The Kier molecular flexibility index (Phi) is 7.93. The van der Waals surface area contributed by atoms with Gasteiger partial charge in [0.25, 0.3) is 5.56 Å². The van der Waals surface area contributed by atoms with Crippen LogP contribution in [0.2, 0.25) is 10.0 Å². The Morgan fingerprint density at radius 2 is 1.71 bits per heavy atom. The lowest BCUT2D eigenvalue weighted by atomic mass is 10.1. The molecule has 1 aromatic heterocycles. The number of ketones is 1. The summed E-state index contributed by atoms with van der Waals surface area (Å²) in [5.41, 5.74) is 5.64. The van der Waals surface area contributed by atoms with Gasteiger partial charge in [0.1, 0.15) is 11.4 Å². The molecule has 0 aliphatic carbocycles. The van der Waals surface area contributed by atoms with Gasteiger partial charge in [-0.3, -0.25) is 28.4 Å². The van der Waals surface area contributed by atoms with E-state index in [-0.39, 0.29) is 31.0 Å². The summed E-state index contributed by atoms with van der Waals surface area (Å²) in [7, 11) is 2.84. The number of carbonyl (C=O) groups excluding carboxylic acids is 2. The Morgan fingerprint density at radius 1 is 1.03 bits per heavy atom. The number of hydrogen-bond donors (Lipinski definition) is 2. The van der Waals surface area contributed by atoms with Crippen LogP contribution in [0.4, 0.5) is 11.5 Å². The molecule has 9 nitrogen and oxygen atoms in total. The van der Waals surface area contributed by atoms with E-state index in [2.05, 4.69) is 5.32 Å². The normalized spacial score (nSPS) is 11.0. The van der Waals surface area contributed by atoms with Gasteiger partial charge in [0.05, 0.1) is 29.7 Å². The Labute approximate surface area is 205 Å². The smallest absolute Gasteiger partial charge is 0.332 e. The Bertz CT molecular complexity index is 1350. The van der Waals surface area contributed by atoms with Crippen molar-refractivity contribution in [2.24, 2.45) is 7.05 Å². The van der Waals surface area contributed by atoms with E-state index in [1.807, 2.05) is 18.2 Å². The highest BCUT2D eigenvalue weighted by Gasteiger charge is 2.23. The van der Waals surface area contributed by atoms with Gasteiger partial charge in [-0.1, -0.05) is 53.5 Å². The molecule has 11 heteroatoms. The third-order valence-electron chi connectivity index (χ3n) is 5.08. The van der Waals surface area contributed by atoms with Gasteiger partial charge >= 0.3 is 5.69 Å². The van der Waals surface area contributed by atoms with Crippen molar-refractivity contribution < 1.29 is 9.59 Å². The van der Waals surface area contributed by atoms with E-state index in [4.69, 9.17) is 28.9 Å². The monoisotopic (exact) mass is 503 g/mol. The third kappa shape index (κ3) is 5.74. The number of nitrogens with one attached hydrogen (secondary N) is 1. The molecule has 0 aliphatic heterocycles. The second kappa shape index (κ2) is 10.7. The number of benzene rings is 2. The van der Waals surface area contributed by atoms with Crippen molar-refractivity contribution in [3.8, 4) is 0 Å². The molecule has 0 saturated carbocycles. The van der Waals surface area contributed by atoms with E-state index < -0.39 is 22.9 Å². The van der Waals surface area contributed by atoms with Crippen molar-refractivity contribution >= 4 is 46.4 Å². The van der Waals surface area contributed by atoms with Gasteiger partial charge in [-0.05, 0) is 30.8 Å². The minimum atomic E-state index is -0.787. The molecule has 0 fully saturated rings. The highest BCUT2D eigenvalue weighted by Crippen LogP contribution is 2.24. The molecule has 0 bridgehead atoms. The van der Waals surface area contributed by atoms with Crippen LogP contribution >= 0.6 is 23.2 Å². The van der Waals surface area contributed by atoms with Crippen LogP contribution in [0.25, 0.3) is 0 Å². The van der Waals surface area contributed by atoms with Crippen molar-refractivity contribution in [1.82, 2.24) is 14.0 Å². The molecule has 0 spiro atoms. The number of nitrogen functional groups attached to an aromatic ring is 1. The number of likely N-dealkylation sites (N-methyl/N-ethyl adjacent to an activating group) is 1. The lowest BCUT2D eigenvalue weighted by Crippen LogP contribution is -2.44. The van der Waals surface area contributed by atoms with Crippen LogP contribution in [0.15, 0.2) is 58.1 Å². The SMILES string of the molecule is CN(CC(=O)Nc1ccc(Cl)c(Cl)c1)CC(=O)c1c(N)n(Cc2ccccc2)c(=O)n(C)c1=O. The minimum absolute atomic E-state index is 0.0990. The fraction of sp³-hybridized carbons (Fsp3) is 0.217. The van der Waals surface area contributed by atoms with E-state index >= 15 is 0 Å². The molecular weight excluding hydrogens is 481 g/mol. The second-order valence-electron chi connectivity index (χ2n) is 7.75. The number of Topliss-reactive ketones (excluding diaryl/α,β-unsaturated/α-hetero) is 1. The van der Waals surface area contributed by atoms with Crippen LogP contribution in [-0.4, -0.2) is 45.9 Å². The van der Waals surface area contributed by atoms with Crippen molar-refractivity contribution in [1.29, 1.82) is 0 Å². The zero-order valence-corrected chi connectivity index (χ0v) is 20.1. The number of nitrogens with two attached hydrogens (primary N) is 1. The zero-order chi connectivity index (χ0) is 25.0. The first-order chi connectivity index (χ1) is 16.1. The number of anilines is 2. The maximum atomic E-state index is 13.0. The summed E-state index contributed by atoms with van der Waals surface area (Å²) < 4.78 is 2.03. The number of rotatable bonds is 8. The topological polar surface area (TPSA) is 119 Å². The first-order valence-electron chi connectivity index (χ1n) is 10.2. The van der Waals surface area contributed by atoms with Gasteiger partial charge in [-0.2, -0.15) is 0 Å². The van der Waals surface area contributed by atoms with Crippen LogP contribution < -0.4 is 22.3 Å². The lowest BCUT2D eigenvalue weighted by Gasteiger charge is -2.18. The average Bonchev–Trinajstić information content (AvgIpc) is 2.78. The van der Waals surface area contributed by atoms with Crippen LogP contribution in [0.3, 0.4) is 0 Å². The number of nitrogens with zero attached hydrogens (tertiary/aromatic N) is 3. The van der Waals surface area contributed by atoms with Gasteiger partial charge < -0.3 is 11.1 Å². The molecule has 0 saturated heterocycles. The third-order valence-corrected chi connectivity index (χ3v) is 5.82. The molecule has 1 heterocycles. The molecule has 3 rings (SSSR count). The fourth-order valence-electron chi connectivity index (χ4n) is 3.36. The predicted molar refractivity (Wildman–Crippen MR) is 133 cm³/mol.